The fourth-order valence-electron chi connectivity index (χ4n) is 2.66. The van der Waals surface area contributed by atoms with E-state index in [1.807, 2.05) is 54.8 Å². The summed E-state index contributed by atoms with van der Waals surface area (Å²) in [4.78, 5) is 21.5. The van der Waals surface area contributed by atoms with E-state index in [4.69, 9.17) is 4.74 Å². The molecule has 0 N–H and O–H groups in total. The molecule has 0 radical (unpaired) electrons. The smallest absolute Gasteiger partial charge is 0.261 e. The van der Waals surface area contributed by atoms with Gasteiger partial charge in [0.25, 0.3) is 5.56 Å². The van der Waals surface area contributed by atoms with Crippen LogP contribution in [0.3, 0.4) is 0 Å². The zero-order valence-corrected chi connectivity index (χ0v) is 15.1. The highest BCUT2D eigenvalue weighted by Gasteiger charge is 2.07. The maximum Gasteiger partial charge on any atom is 0.261 e. The van der Waals surface area contributed by atoms with Crippen molar-refractivity contribution in [3.05, 3.63) is 86.9 Å². The summed E-state index contributed by atoms with van der Waals surface area (Å²) in [6, 6.07) is 15.3. The lowest BCUT2D eigenvalue weighted by atomic mass is 10.2. The average Bonchev–Trinajstić information content (AvgIpc) is 3.11. The van der Waals surface area contributed by atoms with Crippen LogP contribution in [0.25, 0.3) is 10.9 Å². The van der Waals surface area contributed by atoms with Crippen molar-refractivity contribution in [3.63, 3.8) is 0 Å². The van der Waals surface area contributed by atoms with Crippen molar-refractivity contribution in [1.82, 2.24) is 14.5 Å². The lowest BCUT2D eigenvalue weighted by Crippen LogP contribution is -2.21. The van der Waals surface area contributed by atoms with Crippen LogP contribution in [0.1, 0.15) is 16.3 Å². The summed E-state index contributed by atoms with van der Waals surface area (Å²) in [5, 5.41) is 3.45. The summed E-state index contributed by atoms with van der Waals surface area (Å²) >= 11 is 1.53. The van der Waals surface area contributed by atoms with Gasteiger partial charge in [0.05, 0.1) is 29.5 Å². The van der Waals surface area contributed by atoms with Gasteiger partial charge in [-0.25, -0.2) is 9.97 Å². The van der Waals surface area contributed by atoms with E-state index in [0.29, 0.717) is 24.1 Å². The molecule has 0 spiro atoms. The third kappa shape index (κ3) is 3.50. The molecule has 0 unspecified atom stereocenters. The summed E-state index contributed by atoms with van der Waals surface area (Å²) in [7, 11) is 0. The van der Waals surface area contributed by atoms with Crippen molar-refractivity contribution in [2.24, 2.45) is 0 Å². The first-order valence-corrected chi connectivity index (χ1v) is 9.14. The van der Waals surface area contributed by atoms with Crippen LogP contribution in [-0.2, 0) is 13.2 Å². The molecule has 4 rings (SSSR count). The van der Waals surface area contributed by atoms with Crippen LogP contribution in [0, 0.1) is 6.92 Å². The Hall–Kier alpha value is -2.99. The largest absolute Gasteiger partial charge is 0.486 e. The van der Waals surface area contributed by atoms with E-state index in [1.165, 1.54) is 16.9 Å². The van der Waals surface area contributed by atoms with Crippen molar-refractivity contribution in [3.8, 4) is 5.75 Å². The second-order valence-corrected chi connectivity index (χ2v) is 6.97. The quantitative estimate of drug-likeness (QED) is 0.541. The number of nitrogens with zero attached hydrogens (tertiary/aromatic N) is 3. The first kappa shape index (κ1) is 16.5. The minimum atomic E-state index is -0.0546. The zero-order chi connectivity index (χ0) is 17.9. The standard InChI is InChI=1S/C20H17N3O2S/c1-14-6-8-16(9-7-14)25-11-19-22-15(12-26-19)10-23-13-21-18-5-3-2-4-17(18)20(23)24/h2-9,12-13H,10-11H2,1H3. The number of ether oxygens (including phenoxy) is 1. The van der Waals surface area contributed by atoms with E-state index in [-0.39, 0.29) is 5.56 Å². The molecule has 0 saturated heterocycles. The molecule has 26 heavy (non-hydrogen) atoms. The Bertz CT molecular complexity index is 1100. The lowest BCUT2D eigenvalue weighted by molar-refractivity contribution is 0.305. The molecular weight excluding hydrogens is 346 g/mol. The second kappa shape index (κ2) is 7.09. The van der Waals surface area contributed by atoms with Crippen LogP contribution in [-0.4, -0.2) is 14.5 Å². The lowest BCUT2D eigenvalue weighted by Gasteiger charge is -2.05. The van der Waals surface area contributed by atoms with E-state index < -0.39 is 0 Å². The number of thiazole rings is 1. The van der Waals surface area contributed by atoms with Gasteiger partial charge in [-0.1, -0.05) is 29.8 Å². The fraction of sp³-hybridized carbons (Fsp3) is 0.150. The molecule has 2 heterocycles. The van der Waals surface area contributed by atoms with Crippen molar-refractivity contribution >= 4 is 22.2 Å². The molecular formula is C20H17N3O2S. The third-order valence-electron chi connectivity index (χ3n) is 4.05. The monoisotopic (exact) mass is 363 g/mol. The molecule has 0 atom stereocenters. The normalized spacial score (nSPS) is 11.0. The van der Waals surface area contributed by atoms with Gasteiger partial charge in [0.15, 0.2) is 0 Å². The molecule has 5 nitrogen and oxygen atoms in total. The Balaban J connectivity index is 1.47. The van der Waals surface area contributed by atoms with Crippen molar-refractivity contribution < 1.29 is 4.74 Å². The Morgan fingerprint density at radius 3 is 2.77 bits per heavy atom. The summed E-state index contributed by atoms with van der Waals surface area (Å²) in [6.07, 6.45) is 1.58. The van der Waals surface area contributed by atoms with Gasteiger partial charge in [0, 0.05) is 5.38 Å². The van der Waals surface area contributed by atoms with Crippen molar-refractivity contribution in [1.29, 1.82) is 0 Å². The molecule has 0 saturated carbocycles. The number of para-hydroxylation sites is 1. The van der Waals surface area contributed by atoms with Gasteiger partial charge < -0.3 is 4.74 Å². The van der Waals surface area contributed by atoms with Gasteiger partial charge >= 0.3 is 0 Å². The number of benzene rings is 2. The minimum absolute atomic E-state index is 0.0546. The molecule has 0 amide bonds. The number of aromatic nitrogens is 3. The number of hydrogen-bond donors (Lipinski definition) is 0. The predicted octanol–water partition coefficient (Wildman–Crippen LogP) is 3.79. The van der Waals surface area contributed by atoms with Crippen molar-refractivity contribution in [2.75, 3.05) is 0 Å². The Labute approximate surface area is 154 Å². The Morgan fingerprint density at radius 2 is 1.92 bits per heavy atom. The summed E-state index contributed by atoms with van der Waals surface area (Å²) in [6.45, 7) is 2.86. The molecule has 4 aromatic rings. The second-order valence-electron chi connectivity index (χ2n) is 6.03. The van der Waals surface area contributed by atoms with Crippen LogP contribution >= 0.6 is 11.3 Å². The molecule has 130 valence electrons. The molecule has 2 aromatic carbocycles. The van der Waals surface area contributed by atoms with Crippen LogP contribution < -0.4 is 10.3 Å². The fourth-order valence-corrected chi connectivity index (χ4v) is 3.36. The topological polar surface area (TPSA) is 57.0 Å². The summed E-state index contributed by atoms with van der Waals surface area (Å²) in [5.41, 5.74) is 2.68. The van der Waals surface area contributed by atoms with Gasteiger partial charge in [-0.05, 0) is 31.2 Å². The van der Waals surface area contributed by atoms with E-state index in [2.05, 4.69) is 9.97 Å². The molecule has 0 aliphatic carbocycles. The van der Waals surface area contributed by atoms with Crippen molar-refractivity contribution in [2.45, 2.75) is 20.1 Å². The highest BCUT2D eigenvalue weighted by Crippen LogP contribution is 2.16. The molecule has 2 aromatic heterocycles. The molecule has 0 aliphatic rings. The Kier molecular flexibility index (Phi) is 4.50. The summed E-state index contributed by atoms with van der Waals surface area (Å²) in [5.74, 6) is 0.822. The highest BCUT2D eigenvalue weighted by atomic mass is 32.1. The van der Waals surface area contributed by atoms with Gasteiger partial charge in [-0.2, -0.15) is 0 Å². The zero-order valence-electron chi connectivity index (χ0n) is 14.3. The minimum Gasteiger partial charge on any atom is -0.486 e. The molecule has 6 heteroatoms. The van der Waals surface area contributed by atoms with E-state index >= 15 is 0 Å². The SMILES string of the molecule is Cc1ccc(OCc2nc(Cn3cnc4ccccc4c3=O)cs2)cc1. The summed E-state index contributed by atoms with van der Waals surface area (Å²) < 4.78 is 7.34. The third-order valence-corrected chi connectivity index (χ3v) is 4.92. The highest BCUT2D eigenvalue weighted by molar-refractivity contribution is 7.09. The maximum atomic E-state index is 12.6. The molecule has 0 aliphatic heterocycles. The van der Waals surface area contributed by atoms with E-state index in [1.54, 1.807) is 17.0 Å². The van der Waals surface area contributed by atoms with E-state index in [0.717, 1.165) is 16.5 Å². The molecule has 0 bridgehead atoms. The number of fused-ring (bicyclic) bond motifs is 1. The van der Waals surface area contributed by atoms with Crippen LogP contribution in [0.2, 0.25) is 0 Å². The first-order valence-electron chi connectivity index (χ1n) is 8.26. The van der Waals surface area contributed by atoms with Crippen LogP contribution in [0.15, 0.2) is 65.0 Å². The maximum absolute atomic E-state index is 12.6. The number of aryl methyl sites for hydroxylation is 1. The van der Waals surface area contributed by atoms with Gasteiger partial charge in [-0.3, -0.25) is 9.36 Å². The van der Waals surface area contributed by atoms with Crippen LogP contribution in [0.4, 0.5) is 0 Å². The van der Waals surface area contributed by atoms with Gasteiger partial charge in [0.1, 0.15) is 17.4 Å². The van der Waals surface area contributed by atoms with E-state index in [9.17, 15) is 4.79 Å². The van der Waals surface area contributed by atoms with Gasteiger partial charge in [0.2, 0.25) is 0 Å². The van der Waals surface area contributed by atoms with Gasteiger partial charge in [-0.15, -0.1) is 11.3 Å². The number of hydrogen-bond acceptors (Lipinski definition) is 5. The predicted molar refractivity (Wildman–Crippen MR) is 103 cm³/mol. The first-order chi connectivity index (χ1) is 12.7. The number of rotatable bonds is 5. The molecule has 0 fully saturated rings. The average molecular weight is 363 g/mol. The Morgan fingerprint density at radius 1 is 1.12 bits per heavy atom. The van der Waals surface area contributed by atoms with Crippen LogP contribution in [0.5, 0.6) is 5.75 Å².